The fourth-order valence-electron chi connectivity index (χ4n) is 1.81. The topological polar surface area (TPSA) is 66.4 Å². The summed E-state index contributed by atoms with van der Waals surface area (Å²) in [7, 11) is 0. The van der Waals surface area contributed by atoms with Crippen LogP contribution in [0.5, 0.6) is 0 Å². The van der Waals surface area contributed by atoms with Crippen LogP contribution in [0.2, 0.25) is 0 Å². The van der Waals surface area contributed by atoms with E-state index in [4.69, 9.17) is 5.11 Å². The van der Waals surface area contributed by atoms with Gasteiger partial charge in [-0.3, -0.25) is 9.59 Å². The number of nitrogens with one attached hydrogen (secondary N) is 1. The minimum atomic E-state index is -0.799. The predicted octanol–water partition coefficient (Wildman–Crippen LogP) is 1.40. The van der Waals surface area contributed by atoms with E-state index in [0.29, 0.717) is 6.42 Å². The molecule has 1 saturated carbocycles. The Hall–Kier alpha value is -1.06. The maximum absolute atomic E-state index is 11.7. The summed E-state index contributed by atoms with van der Waals surface area (Å²) in [4.78, 5) is 22.6. The van der Waals surface area contributed by atoms with Gasteiger partial charge in [-0.25, -0.2) is 0 Å². The van der Waals surface area contributed by atoms with Crippen molar-refractivity contribution in [1.29, 1.82) is 0 Å². The van der Waals surface area contributed by atoms with Crippen LogP contribution in [-0.2, 0) is 9.59 Å². The van der Waals surface area contributed by atoms with Gasteiger partial charge in [0.05, 0.1) is 5.92 Å². The van der Waals surface area contributed by atoms with Gasteiger partial charge in [-0.05, 0) is 12.8 Å². The molecule has 0 aromatic heterocycles. The quantitative estimate of drug-likeness (QED) is 0.728. The van der Waals surface area contributed by atoms with E-state index >= 15 is 0 Å². The van der Waals surface area contributed by atoms with E-state index in [1.54, 1.807) is 0 Å². The van der Waals surface area contributed by atoms with Crippen LogP contribution in [0.3, 0.4) is 0 Å². The smallest absolute Gasteiger partial charge is 0.308 e. The third kappa shape index (κ3) is 2.94. The molecule has 1 aliphatic carbocycles. The molecule has 0 aliphatic heterocycles. The van der Waals surface area contributed by atoms with Gasteiger partial charge in [0, 0.05) is 11.5 Å². The Morgan fingerprint density at radius 2 is 1.87 bits per heavy atom. The van der Waals surface area contributed by atoms with Gasteiger partial charge in [0.1, 0.15) is 0 Å². The van der Waals surface area contributed by atoms with Crippen molar-refractivity contribution in [3.8, 4) is 0 Å². The van der Waals surface area contributed by atoms with E-state index in [9.17, 15) is 9.59 Å². The SMILES string of the molecule is CC(C)(C)C(=O)N[C@@H]1CCC[C@@H]1C(=O)O. The Morgan fingerprint density at radius 1 is 1.27 bits per heavy atom. The average Bonchev–Trinajstić information content (AvgIpc) is 2.50. The van der Waals surface area contributed by atoms with Crippen molar-refractivity contribution in [2.24, 2.45) is 11.3 Å². The van der Waals surface area contributed by atoms with Gasteiger partial charge in [-0.2, -0.15) is 0 Å². The molecule has 0 radical (unpaired) electrons. The first-order valence-corrected chi connectivity index (χ1v) is 5.36. The Labute approximate surface area is 90.0 Å². The minimum Gasteiger partial charge on any atom is -0.481 e. The highest BCUT2D eigenvalue weighted by Crippen LogP contribution is 2.27. The zero-order valence-electron chi connectivity index (χ0n) is 9.54. The monoisotopic (exact) mass is 213 g/mol. The highest BCUT2D eigenvalue weighted by molar-refractivity contribution is 5.82. The van der Waals surface area contributed by atoms with Crippen LogP contribution in [0, 0.1) is 11.3 Å². The number of amides is 1. The lowest BCUT2D eigenvalue weighted by Crippen LogP contribution is -2.45. The van der Waals surface area contributed by atoms with Crippen LogP contribution in [0.15, 0.2) is 0 Å². The molecule has 1 rings (SSSR count). The van der Waals surface area contributed by atoms with Crippen molar-refractivity contribution >= 4 is 11.9 Å². The summed E-state index contributed by atoms with van der Waals surface area (Å²) >= 11 is 0. The molecule has 2 N–H and O–H groups in total. The van der Waals surface area contributed by atoms with Crippen molar-refractivity contribution in [2.45, 2.75) is 46.1 Å². The van der Waals surface area contributed by atoms with E-state index in [-0.39, 0.29) is 11.9 Å². The predicted molar refractivity (Wildman–Crippen MR) is 56.4 cm³/mol. The molecule has 0 spiro atoms. The highest BCUT2D eigenvalue weighted by Gasteiger charge is 2.35. The number of carboxylic acids is 1. The van der Waals surface area contributed by atoms with E-state index in [2.05, 4.69) is 5.32 Å². The highest BCUT2D eigenvalue weighted by atomic mass is 16.4. The molecule has 1 fully saturated rings. The van der Waals surface area contributed by atoms with Crippen LogP contribution < -0.4 is 5.32 Å². The van der Waals surface area contributed by atoms with Gasteiger partial charge in [0.25, 0.3) is 0 Å². The van der Waals surface area contributed by atoms with E-state index in [0.717, 1.165) is 12.8 Å². The number of carbonyl (C=O) groups is 2. The van der Waals surface area contributed by atoms with Crippen LogP contribution in [0.25, 0.3) is 0 Å². The molecule has 4 nitrogen and oxygen atoms in total. The number of hydrogen-bond acceptors (Lipinski definition) is 2. The van der Waals surface area contributed by atoms with Crippen molar-refractivity contribution in [3.63, 3.8) is 0 Å². The summed E-state index contributed by atoms with van der Waals surface area (Å²) < 4.78 is 0. The van der Waals surface area contributed by atoms with Crippen molar-refractivity contribution in [3.05, 3.63) is 0 Å². The van der Waals surface area contributed by atoms with E-state index in [1.165, 1.54) is 0 Å². The minimum absolute atomic E-state index is 0.0688. The molecule has 0 unspecified atom stereocenters. The third-order valence-electron chi connectivity index (χ3n) is 2.83. The number of hydrogen-bond donors (Lipinski definition) is 2. The number of carboxylic acid groups (broad SMARTS) is 1. The second kappa shape index (κ2) is 4.21. The van der Waals surface area contributed by atoms with Crippen LogP contribution in [-0.4, -0.2) is 23.0 Å². The molecule has 2 atom stereocenters. The number of rotatable bonds is 2. The maximum atomic E-state index is 11.7. The van der Waals surface area contributed by atoms with Gasteiger partial charge < -0.3 is 10.4 Å². The summed E-state index contributed by atoms with van der Waals surface area (Å²) in [6.45, 7) is 5.48. The first kappa shape index (κ1) is 12.0. The molecule has 1 amide bonds. The molecule has 0 saturated heterocycles. The first-order chi connectivity index (χ1) is 6.82. The lowest BCUT2D eigenvalue weighted by molar-refractivity contribution is -0.142. The van der Waals surface area contributed by atoms with E-state index in [1.807, 2.05) is 20.8 Å². The van der Waals surface area contributed by atoms with Gasteiger partial charge in [0.15, 0.2) is 0 Å². The van der Waals surface area contributed by atoms with Gasteiger partial charge in [0.2, 0.25) is 5.91 Å². The molecule has 0 aromatic carbocycles. The maximum Gasteiger partial charge on any atom is 0.308 e. The molecule has 4 heteroatoms. The van der Waals surface area contributed by atoms with Crippen LogP contribution in [0.4, 0.5) is 0 Å². The summed E-state index contributed by atoms with van der Waals surface area (Å²) in [6.07, 6.45) is 2.33. The Kier molecular flexibility index (Phi) is 3.37. The lowest BCUT2D eigenvalue weighted by Gasteiger charge is -2.23. The zero-order chi connectivity index (χ0) is 11.6. The third-order valence-corrected chi connectivity index (χ3v) is 2.83. The fraction of sp³-hybridized carbons (Fsp3) is 0.818. The standard InChI is InChI=1S/C11H19NO3/c1-11(2,3)10(15)12-8-6-4-5-7(8)9(13)14/h7-8H,4-6H2,1-3H3,(H,12,15)(H,13,14)/t7-,8+/m0/s1. The lowest BCUT2D eigenvalue weighted by atomic mass is 9.94. The largest absolute Gasteiger partial charge is 0.481 e. The van der Waals surface area contributed by atoms with E-state index < -0.39 is 17.3 Å². The molecule has 0 aromatic rings. The van der Waals surface area contributed by atoms with Gasteiger partial charge in [-0.1, -0.05) is 27.2 Å². The second-order valence-corrected chi connectivity index (χ2v) is 5.21. The molecule has 15 heavy (non-hydrogen) atoms. The van der Waals surface area contributed by atoms with Gasteiger partial charge in [-0.15, -0.1) is 0 Å². The van der Waals surface area contributed by atoms with Crippen molar-refractivity contribution in [1.82, 2.24) is 5.32 Å². The zero-order valence-corrected chi connectivity index (χ0v) is 9.54. The van der Waals surface area contributed by atoms with Crippen LogP contribution >= 0.6 is 0 Å². The Balaban J connectivity index is 2.58. The molecule has 1 aliphatic rings. The molecule has 0 bridgehead atoms. The number of aliphatic carboxylic acids is 1. The molecule has 0 heterocycles. The number of carbonyl (C=O) groups excluding carboxylic acids is 1. The fourth-order valence-corrected chi connectivity index (χ4v) is 1.81. The molecular weight excluding hydrogens is 194 g/mol. The Bertz CT molecular complexity index is 267. The average molecular weight is 213 g/mol. The summed E-state index contributed by atoms with van der Waals surface area (Å²) in [6, 6.07) is -0.186. The van der Waals surface area contributed by atoms with Crippen molar-refractivity contribution in [2.75, 3.05) is 0 Å². The summed E-state index contributed by atoms with van der Waals surface area (Å²) in [5.41, 5.74) is -0.453. The molecule has 86 valence electrons. The first-order valence-electron chi connectivity index (χ1n) is 5.36. The molecular formula is C11H19NO3. The van der Waals surface area contributed by atoms with Gasteiger partial charge >= 0.3 is 5.97 Å². The Morgan fingerprint density at radius 3 is 2.33 bits per heavy atom. The normalized spacial score (nSPS) is 26.3. The second-order valence-electron chi connectivity index (χ2n) is 5.21. The van der Waals surface area contributed by atoms with Crippen LogP contribution in [0.1, 0.15) is 40.0 Å². The summed E-state index contributed by atoms with van der Waals surface area (Å²) in [5, 5.41) is 11.8. The summed E-state index contributed by atoms with van der Waals surface area (Å²) in [5.74, 6) is -1.27. The van der Waals surface area contributed by atoms with Crippen molar-refractivity contribution < 1.29 is 14.7 Å².